The van der Waals surface area contributed by atoms with E-state index in [9.17, 15) is 4.79 Å². The van der Waals surface area contributed by atoms with Gasteiger partial charge < -0.3 is 0 Å². The first-order chi connectivity index (χ1) is 10.6. The quantitative estimate of drug-likeness (QED) is 0.800. The van der Waals surface area contributed by atoms with Gasteiger partial charge in [0, 0.05) is 23.5 Å². The third-order valence-electron chi connectivity index (χ3n) is 7.17. The fourth-order valence-electron chi connectivity index (χ4n) is 6.01. The number of carbonyl (C=O) groups excluding carboxylic acids is 1. The van der Waals surface area contributed by atoms with Gasteiger partial charge in [0.05, 0.1) is 0 Å². The summed E-state index contributed by atoms with van der Waals surface area (Å²) in [6.07, 6.45) is 7.32. The molecule has 0 radical (unpaired) electrons. The van der Waals surface area contributed by atoms with E-state index in [4.69, 9.17) is 0 Å². The molecular formula is C20H25NO. The predicted octanol–water partition coefficient (Wildman–Crippen LogP) is 4.51. The van der Waals surface area contributed by atoms with Gasteiger partial charge in [0.2, 0.25) is 0 Å². The zero-order chi connectivity index (χ0) is 15.1. The van der Waals surface area contributed by atoms with Crippen molar-refractivity contribution in [3.63, 3.8) is 0 Å². The predicted molar refractivity (Wildman–Crippen MR) is 86.8 cm³/mol. The third-order valence-corrected chi connectivity index (χ3v) is 7.17. The van der Waals surface area contributed by atoms with Gasteiger partial charge in [0.15, 0.2) is 0 Å². The minimum absolute atomic E-state index is 0.333. The summed E-state index contributed by atoms with van der Waals surface area (Å²) in [5.41, 5.74) is 5.46. The Morgan fingerprint density at radius 2 is 1.77 bits per heavy atom. The molecule has 0 aromatic heterocycles. The summed E-state index contributed by atoms with van der Waals surface area (Å²) in [5.74, 6) is 1.42. The molecule has 3 fully saturated rings. The Kier molecular flexibility index (Phi) is 2.56. The van der Waals surface area contributed by atoms with Crippen molar-refractivity contribution in [1.82, 2.24) is 4.90 Å². The molecule has 22 heavy (non-hydrogen) atoms. The van der Waals surface area contributed by atoms with Crippen LogP contribution in [0.2, 0.25) is 0 Å². The number of hydrogen-bond acceptors (Lipinski definition) is 2. The molecule has 2 nitrogen and oxygen atoms in total. The smallest absolute Gasteiger partial charge is 0.132 e. The Morgan fingerprint density at radius 1 is 1.09 bits per heavy atom. The second kappa shape index (κ2) is 4.23. The fourth-order valence-corrected chi connectivity index (χ4v) is 6.01. The number of Topliss-reactive ketones (excluding diaryl/α,β-unsaturated/α-hetero) is 1. The molecule has 0 spiro atoms. The van der Waals surface area contributed by atoms with E-state index in [1.54, 1.807) is 23.6 Å². The maximum atomic E-state index is 11.6. The van der Waals surface area contributed by atoms with Gasteiger partial charge in [-0.1, -0.05) is 18.2 Å². The van der Waals surface area contributed by atoms with Gasteiger partial charge >= 0.3 is 0 Å². The number of carbonyl (C=O) groups is 1. The van der Waals surface area contributed by atoms with Crippen LogP contribution in [0.25, 0.3) is 0 Å². The number of hydrogen-bond donors (Lipinski definition) is 0. The summed E-state index contributed by atoms with van der Waals surface area (Å²) in [4.78, 5) is 14.4. The van der Waals surface area contributed by atoms with Gasteiger partial charge in [-0.25, -0.2) is 0 Å². The van der Waals surface area contributed by atoms with E-state index in [1.165, 1.54) is 25.7 Å². The number of rotatable bonds is 2. The maximum Gasteiger partial charge on any atom is 0.132 e. The van der Waals surface area contributed by atoms with Crippen molar-refractivity contribution >= 4 is 5.78 Å². The average Bonchev–Trinajstić information content (AvgIpc) is 2.63. The lowest BCUT2D eigenvalue weighted by molar-refractivity contribution is -0.177. The van der Waals surface area contributed by atoms with Crippen LogP contribution in [0.3, 0.4) is 0 Å². The first kappa shape index (κ1) is 13.3. The van der Waals surface area contributed by atoms with Crippen LogP contribution >= 0.6 is 0 Å². The summed E-state index contributed by atoms with van der Waals surface area (Å²) in [6, 6.07) is 8.47. The summed E-state index contributed by atoms with van der Waals surface area (Å²) >= 11 is 0. The van der Waals surface area contributed by atoms with Crippen molar-refractivity contribution in [2.75, 3.05) is 0 Å². The van der Waals surface area contributed by atoms with E-state index in [2.05, 4.69) is 30.0 Å². The minimum Gasteiger partial charge on any atom is -0.300 e. The van der Waals surface area contributed by atoms with E-state index in [0.717, 1.165) is 12.8 Å². The Morgan fingerprint density at radius 3 is 2.45 bits per heavy atom. The Hall–Kier alpha value is -1.15. The molecule has 3 heterocycles. The zero-order valence-corrected chi connectivity index (χ0v) is 13.6. The van der Waals surface area contributed by atoms with E-state index < -0.39 is 0 Å². The largest absolute Gasteiger partial charge is 0.300 e. The maximum absolute atomic E-state index is 11.6. The first-order valence-electron chi connectivity index (χ1n) is 9.00. The van der Waals surface area contributed by atoms with Crippen molar-refractivity contribution in [1.29, 1.82) is 0 Å². The van der Waals surface area contributed by atoms with Crippen molar-refractivity contribution in [2.24, 2.45) is 5.92 Å². The number of piperidine rings is 1. The van der Waals surface area contributed by atoms with Gasteiger partial charge in [-0.05, 0) is 75.0 Å². The molecule has 0 N–H and O–H groups in total. The molecule has 1 aromatic carbocycles. The van der Waals surface area contributed by atoms with Gasteiger partial charge in [-0.15, -0.1) is 0 Å². The van der Waals surface area contributed by atoms with Crippen molar-refractivity contribution in [3.8, 4) is 0 Å². The molecule has 1 saturated carbocycles. The van der Waals surface area contributed by atoms with Gasteiger partial charge in [0.25, 0.3) is 0 Å². The SMILES string of the molecule is CC(=O)C1CCC(c2cccc3c2C2CC4(C)CC3N24)CC1. The monoisotopic (exact) mass is 295 g/mol. The van der Waals surface area contributed by atoms with Crippen molar-refractivity contribution in [2.45, 2.75) is 75.9 Å². The van der Waals surface area contributed by atoms with E-state index in [-0.39, 0.29) is 0 Å². The van der Waals surface area contributed by atoms with Gasteiger partial charge in [0.1, 0.15) is 5.78 Å². The summed E-state index contributed by atoms with van der Waals surface area (Å²) in [7, 11) is 0. The van der Waals surface area contributed by atoms with Crippen LogP contribution in [0, 0.1) is 5.92 Å². The second-order valence-corrected chi connectivity index (χ2v) is 8.35. The summed E-state index contributed by atoms with van der Waals surface area (Å²) < 4.78 is 0. The second-order valence-electron chi connectivity index (χ2n) is 8.35. The van der Waals surface area contributed by atoms with Crippen molar-refractivity contribution < 1.29 is 4.79 Å². The summed E-state index contributed by atoms with van der Waals surface area (Å²) in [5, 5.41) is 0. The number of benzene rings is 1. The van der Waals surface area contributed by atoms with Gasteiger partial charge in [-0.2, -0.15) is 0 Å². The molecule has 4 aliphatic rings. The van der Waals surface area contributed by atoms with Crippen LogP contribution in [0.4, 0.5) is 0 Å². The minimum atomic E-state index is 0.333. The van der Waals surface area contributed by atoms with Gasteiger partial charge in [-0.3, -0.25) is 9.69 Å². The average molecular weight is 295 g/mol. The Balaban J connectivity index is 1.45. The highest BCUT2D eigenvalue weighted by Gasteiger charge is 2.65. The number of nitrogens with zero attached hydrogens (tertiary/aromatic N) is 1. The molecular weight excluding hydrogens is 270 g/mol. The van der Waals surface area contributed by atoms with E-state index >= 15 is 0 Å². The molecule has 116 valence electrons. The lowest BCUT2D eigenvalue weighted by Crippen LogP contribution is -2.66. The summed E-state index contributed by atoms with van der Waals surface area (Å²) in [6.45, 7) is 4.20. The van der Waals surface area contributed by atoms with Crippen LogP contribution < -0.4 is 0 Å². The van der Waals surface area contributed by atoms with Crippen LogP contribution in [0.5, 0.6) is 0 Å². The lowest BCUT2D eigenvalue weighted by atomic mass is 9.68. The van der Waals surface area contributed by atoms with E-state index in [0.29, 0.717) is 35.2 Å². The Bertz CT molecular complexity index is 658. The highest BCUT2D eigenvalue weighted by molar-refractivity contribution is 5.78. The molecule has 3 unspecified atom stereocenters. The van der Waals surface area contributed by atoms with Crippen LogP contribution in [0.15, 0.2) is 18.2 Å². The molecule has 0 bridgehead atoms. The molecule has 2 saturated heterocycles. The van der Waals surface area contributed by atoms with Crippen LogP contribution in [0.1, 0.15) is 87.1 Å². The molecule has 0 amide bonds. The molecule has 3 atom stereocenters. The molecule has 1 aromatic rings. The van der Waals surface area contributed by atoms with Crippen molar-refractivity contribution in [3.05, 3.63) is 34.9 Å². The first-order valence-corrected chi connectivity index (χ1v) is 9.00. The third kappa shape index (κ3) is 1.52. The highest BCUT2D eigenvalue weighted by Crippen LogP contribution is 2.69. The van der Waals surface area contributed by atoms with E-state index in [1.807, 2.05) is 0 Å². The van der Waals surface area contributed by atoms with Crippen LogP contribution in [-0.4, -0.2) is 16.2 Å². The normalized spacial score (nSPS) is 42.1. The topological polar surface area (TPSA) is 20.3 Å². The van der Waals surface area contributed by atoms with Crippen LogP contribution in [-0.2, 0) is 4.79 Å². The number of fused-ring (bicyclic) bond motifs is 3. The molecule has 2 heteroatoms. The highest BCUT2D eigenvalue weighted by atomic mass is 16.1. The standard InChI is InChI=1S/C20H25NO/c1-12(22)13-6-8-14(9-7-13)15-4-3-5-16-17-10-20(2)11-18(19(15)16)21(17)20/h3-5,13-14,17-18H,6-11H2,1-2H3. The Labute approximate surface area is 132 Å². The number of ketones is 1. The molecule has 1 aliphatic carbocycles. The molecule has 3 aliphatic heterocycles. The lowest BCUT2D eigenvalue weighted by Gasteiger charge is -2.65. The molecule has 5 rings (SSSR count). The fraction of sp³-hybridized carbons (Fsp3) is 0.650. The zero-order valence-electron chi connectivity index (χ0n) is 13.6.